The van der Waals surface area contributed by atoms with Gasteiger partial charge in [-0.3, -0.25) is 0 Å². The molecule has 0 spiro atoms. The van der Waals surface area contributed by atoms with Gasteiger partial charge in [0.25, 0.3) is 0 Å². The van der Waals surface area contributed by atoms with Crippen LogP contribution in [0.4, 0.5) is 4.39 Å². The lowest BCUT2D eigenvalue weighted by molar-refractivity contribution is -0.00578. The van der Waals surface area contributed by atoms with Crippen LogP contribution in [-0.4, -0.2) is 19.3 Å². The van der Waals surface area contributed by atoms with E-state index in [1.54, 1.807) is 6.07 Å². The molecule has 1 saturated heterocycles. The third-order valence-electron chi connectivity index (χ3n) is 2.23. The van der Waals surface area contributed by atoms with Crippen molar-refractivity contribution in [3.63, 3.8) is 0 Å². The van der Waals surface area contributed by atoms with Crippen LogP contribution in [0.25, 0.3) is 0 Å². The van der Waals surface area contributed by atoms with Gasteiger partial charge in [0, 0.05) is 11.6 Å². The fourth-order valence-electron chi connectivity index (χ4n) is 1.29. The number of hydrogen-bond acceptors (Lipinski definition) is 2. The largest absolute Gasteiger partial charge is 0.378 e. The quantitative estimate of drug-likeness (QED) is 0.833. The van der Waals surface area contributed by atoms with Crippen LogP contribution in [-0.2, 0) is 11.3 Å². The van der Waals surface area contributed by atoms with E-state index in [-0.39, 0.29) is 5.82 Å². The molecule has 76 valence electrons. The molecule has 2 nitrogen and oxygen atoms in total. The molecule has 4 heteroatoms. The normalized spacial score (nSPS) is 16.7. The zero-order chi connectivity index (χ0) is 9.97. The van der Waals surface area contributed by atoms with Crippen molar-refractivity contribution in [2.45, 2.75) is 12.6 Å². The lowest BCUT2D eigenvalue weighted by Gasteiger charge is -2.27. The van der Waals surface area contributed by atoms with Gasteiger partial charge in [-0.25, -0.2) is 4.39 Å². The maximum atomic E-state index is 12.9. The molecule has 0 atom stereocenters. The van der Waals surface area contributed by atoms with Gasteiger partial charge in [0.05, 0.1) is 19.3 Å². The number of hydrogen-bond donors (Lipinski definition) is 1. The van der Waals surface area contributed by atoms with E-state index >= 15 is 0 Å². The molecular weight excluding hydrogens is 205 g/mol. The van der Waals surface area contributed by atoms with Crippen molar-refractivity contribution >= 4 is 11.6 Å². The molecule has 1 aliphatic heterocycles. The highest BCUT2D eigenvalue weighted by Crippen LogP contribution is 2.17. The topological polar surface area (TPSA) is 21.3 Å². The van der Waals surface area contributed by atoms with Gasteiger partial charge in [0.15, 0.2) is 0 Å². The van der Waals surface area contributed by atoms with Crippen LogP contribution in [0.1, 0.15) is 5.56 Å². The van der Waals surface area contributed by atoms with Crippen molar-refractivity contribution in [3.05, 3.63) is 34.6 Å². The second-order valence-electron chi connectivity index (χ2n) is 3.35. The third-order valence-corrected chi connectivity index (χ3v) is 2.60. The number of ether oxygens (including phenoxy) is 1. The SMILES string of the molecule is Fc1ccc(Cl)c(CNC2COC2)c1. The zero-order valence-electron chi connectivity index (χ0n) is 7.59. The Morgan fingerprint density at radius 1 is 1.50 bits per heavy atom. The van der Waals surface area contributed by atoms with Gasteiger partial charge in [-0.1, -0.05) is 11.6 Å². The van der Waals surface area contributed by atoms with E-state index in [4.69, 9.17) is 16.3 Å². The molecule has 1 aromatic rings. The summed E-state index contributed by atoms with van der Waals surface area (Å²) in [6.45, 7) is 2.05. The maximum Gasteiger partial charge on any atom is 0.123 e. The Morgan fingerprint density at radius 2 is 2.29 bits per heavy atom. The van der Waals surface area contributed by atoms with Crippen molar-refractivity contribution in [1.29, 1.82) is 0 Å². The van der Waals surface area contributed by atoms with Crippen LogP contribution in [0.15, 0.2) is 18.2 Å². The third kappa shape index (κ3) is 2.23. The Hall–Kier alpha value is -0.640. The first-order valence-corrected chi connectivity index (χ1v) is 4.88. The van der Waals surface area contributed by atoms with Crippen molar-refractivity contribution in [3.8, 4) is 0 Å². The van der Waals surface area contributed by atoms with Crippen molar-refractivity contribution in [2.24, 2.45) is 0 Å². The minimum atomic E-state index is -0.254. The molecule has 1 aromatic carbocycles. The standard InChI is InChI=1S/C10H11ClFNO/c11-10-2-1-8(12)3-7(10)4-13-9-5-14-6-9/h1-3,9,13H,4-6H2. The van der Waals surface area contributed by atoms with Crippen molar-refractivity contribution in [1.82, 2.24) is 5.32 Å². The first-order valence-electron chi connectivity index (χ1n) is 4.51. The van der Waals surface area contributed by atoms with Gasteiger partial charge in [-0.2, -0.15) is 0 Å². The van der Waals surface area contributed by atoms with E-state index in [9.17, 15) is 4.39 Å². The predicted octanol–water partition coefficient (Wildman–Crippen LogP) is 1.97. The van der Waals surface area contributed by atoms with Crippen LogP contribution < -0.4 is 5.32 Å². The highest BCUT2D eigenvalue weighted by molar-refractivity contribution is 6.31. The zero-order valence-corrected chi connectivity index (χ0v) is 8.35. The highest BCUT2D eigenvalue weighted by atomic mass is 35.5. The van der Waals surface area contributed by atoms with E-state index in [1.807, 2.05) is 0 Å². The summed E-state index contributed by atoms with van der Waals surface area (Å²) in [5, 5.41) is 3.82. The molecule has 14 heavy (non-hydrogen) atoms. The predicted molar refractivity (Wildman–Crippen MR) is 52.9 cm³/mol. The van der Waals surface area contributed by atoms with Gasteiger partial charge in [-0.05, 0) is 23.8 Å². The van der Waals surface area contributed by atoms with Crippen molar-refractivity contribution < 1.29 is 9.13 Å². The van der Waals surface area contributed by atoms with E-state index in [0.717, 1.165) is 18.8 Å². The molecule has 0 aromatic heterocycles. The molecule has 1 heterocycles. The van der Waals surface area contributed by atoms with E-state index < -0.39 is 0 Å². The molecule has 0 aliphatic carbocycles. The van der Waals surface area contributed by atoms with Crippen LogP contribution >= 0.6 is 11.6 Å². The molecule has 0 unspecified atom stereocenters. The Balaban J connectivity index is 1.96. The molecule has 1 N–H and O–H groups in total. The second-order valence-corrected chi connectivity index (χ2v) is 3.76. The Morgan fingerprint density at radius 3 is 2.93 bits per heavy atom. The summed E-state index contributed by atoms with van der Waals surface area (Å²) < 4.78 is 17.9. The Kier molecular flexibility index (Phi) is 3.01. The molecule has 0 saturated carbocycles. The van der Waals surface area contributed by atoms with Crippen LogP contribution in [0, 0.1) is 5.82 Å². The minimum absolute atomic E-state index is 0.254. The van der Waals surface area contributed by atoms with Crippen LogP contribution in [0.2, 0.25) is 5.02 Å². The van der Waals surface area contributed by atoms with E-state index in [0.29, 0.717) is 17.6 Å². The lowest BCUT2D eigenvalue weighted by Crippen LogP contribution is -2.45. The summed E-state index contributed by atoms with van der Waals surface area (Å²) in [6.07, 6.45) is 0. The molecule has 0 bridgehead atoms. The van der Waals surface area contributed by atoms with E-state index in [2.05, 4.69) is 5.32 Å². The van der Waals surface area contributed by atoms with Gasteiger partial charge in [0.1, 0.15) is 5.82 Å². The van der Waals surface area contributed by atoms with E-state index in [1.165, 1.54) is 12.1 Å². The molecule has 2 rings (SSSR count). The molecule has 1 aliphatic rings. The fourth-order valence-corrected chi connectivity index (χ4v) is 1.47. The van der Waals surface area contributed by atoms with Crippen LogP contribution in [0.5, 0.6) is 0 Å². The average Bonchev–Trinajstić information content (AvgIpc) is 2.08. The summed E-state index contributed by atoms with van der Waals surface area (Å²) in [7, 11) is 0. The lowest BCUT2D eigenvalue weighted by atomic mass is 10.2. The molecular formula is C10H11ClFNO. The van der Waals surface area contributed by atoms with Gasteiger partial charge >= 0.3 is 0 Å². The minimum Gasteiger partial charge on any atom is -0.378 e. The number of rotatable bonds is 3. The molecule has 1 fully saturated rings. The average molecular weight is 216 g/mol. The number of nitrogens with one attached hydrogen (secondary N) is 1. The second kappa shape index (κ2) is 4.26. The number of halogens is 2. The monoisotopic (exact) mass is 215 g/mol. The summed E-state index contributed by atoms with van der Waals surface area (Å²) in [5.74, 6) is -0.254. The summed E-state index contributed by atoms with van der Waals surface area (Å²) in [6, 6.07) is 4.77. The summed E-state index contributed by atoms with van der Waals surface area (Å²) in [4.78, 5) is 0. The first-order chi connectivity index (χ1) is 6.75. The maximum absolute atomic E-state index is 12.9. The van der Waals surface area contributed by atoms with Crippen molar-refractivity contribution in [2.75, 3.05) is 13.2 Å². The Labute approximate surface area is 87.0 Å². The number of benzene rings is 1. The molecule has 0 amide bonds. The smallest absolute Gasteiger partial charge is 0.123 e. The molecule has 0 radical (unpaired) electrons. The summed E-state index contributed by atoms with van der Waals surface area (Å²) >= 11 is 5.90. The Bertz CT molecular complexity index is 328. The van der Waals surface area contributed by atoms with Crippen LogP contribution in [0.3, 0.4) is 0 Å². The van der Waals surface area contributed by atoms with Gasteiger partial charge in [0.2, 0.25) is 0 Å². The van der Waals surface area contributed by atoms with Gasteiger partial charge in [-0.15, -0.1) is 0 Å². The highest BCUT2D eigenvalue weighted by Gasteiger charge is 2.17. The fraction of sp³-hybridized carbons (Fsp3) is 0.400. The first kappa shape index (κ1) is 9.90. The van der Waals surface area contributed by atoms with Gasteiger partial charge < -0.3 is 10.1 Å². The summed E-state index contributed by atoms with van der Waals surface area (Å²) in [5.41, 5.74) is 0.790.